The van der Waals surface area contributed by atoms with Crippen molar-refractivity contribution in [2.45, 2.75) is 31.7 Å². The lowest BCUT2D eigenvalue weighted by Crippen LogP contribution is -2.41. The quantitative estimate of drug-likeness (QED) is 0.654. The van der Waals surface area contributed by atoms with Gasteiger partial charge in [-0.25, -0.2) is 4.79 Å². The Morgan fingerprint density at radius 2 is 1.94 bits per heavy atom. The van der Waals surface area contributed by atoms with Crippen molar-refractivity contribution in [1.29, 1.82) is 0 Å². The summed E-state index contributed by atoms with van der Waals surface area (Å²) in [5.74, 6) is 6.54. The minimum absolute atomic E-state index is 0.0907. The van der Waals surface area contributed by atoms with E-state index in [-0.39, 0.29) is 12.1 Å². The number of carbonyl (C=O) groups is 1. The molecule has 0 aromatic carbocycles. The van der Waals surface area contributed by atoms with Crippen LogP contribution in [-0.2, 0) is 0 Å². The molecule has 0 spiro atoms. The van der Waals surface area contributed by atoms with Gasteiger partial charge in [0.1, 0.15) is 0 Å². The number of nitrogens with zero attached hydrogens (tertiary/aromatic N) is 3. The summed E-state index contributed by atoms with van der Waals surface area (Å²) in [5.41, 5.74) is 0. The maximum Gasteiger partial charge on any atom is 0.320 e. The molecular formula is C14H23N3O. The van der Waals surface area contributed by atoms with Crippen molar-refractivity contribution in [1.82, 2.24) is 14.7 Å². The van der Waals surface area contributed by atoms with Gasteiger partial charge in [0.15, 0.2) is 0 Å². The summed E-state index contributed by atoms with van der Waals surface area (Å²) < 4.78 is 0. The van der Waals surface area contributed by atoms with E-state index in [9.17, 15) is 4.79 Å². The largest absolute Gasteiger partial charge is 0.331 e. The zero-order valence-electron chi connectivity index (χ0n) is 11.5. The van der Waals surface area contributed by atoms with Crippen molar-refractivity contribution in [3.63, 3.8) is 0 Å². The molecule has 0 saturated carbocycles. The van der Waals surface area contributed by atoms with E-state index in [2.05, 4.69) is 16.7 Å². The number of rotatable bonds is 1. The van der Waals surface area contributed by atoms with E-state index in [1.54, 1.807) is 19.0 Å². The Morgan fingerprint density at radius 3 is 2.61 bits per heavy atom. The first-order valence-electron chi connectivity index (χ1n) is 6.87. The molecule has 18 heavy (non-hydrogen) atoms. The van der Waals surface area contributed by atoms with Crippen molar-refractivity contribution in [3.05, 3.63) is 0 Å². The average Bonchev–Trinajstić information content (AvgIpc) is 2.98. The predicted molar refractivity (Wildman–Crippen MR) is 72.3 cm³/mol. The standard InChI is InChI=1S/C14H23N3O/c1-15(2)14(18)17-12-6-8-13(17)7-5-11-16-9-3-4-10-16/h13H,3-4,6,8-12H2,1-2H3/t13-/m1/s1. The van der Waals surface area contributed by atoms with Crippen LogP contribution in [-0.4, -0.2) is 67.0 Å². The molecule has 0 aromatic heterocycles. The molecule has 0 aliphatic carbocycles. The SMILES string of the molecule is CN(C)C(=O)N1CCC[C@H]1C#CCN1CCCC1. The Kier molecular flexibility index (Phi) is 4.48. The van der Waals surface area contributed by atoms with Gasteiger partial charge in [-0.05, 0) is 38.8 Å². The molecule has 0 unspecified atom stereocenters. The van der Waals surface area contributed by atoms with Gasteiger partial charge in [-0.2, -0.15) is 0 Å². The summed E-state index contributed by atoms with van der Waals surface area (Å²) in [6.07, 6.45) is 4.70. The maximum atomic E-state index is 11.9. The highest BCUT2D eigenvalue weighted by atomic mass is 16.2. The zero-order valence-corrected chi connectivity index (χ0v) is 11.5. The Morgan fingerprint density at radius 1 is 1.22 bits per heavy atom. The molecular weight excluding hydrogens is 226 g/mol. The van der Waals surface area contributed by atoms with Crippen LogP contribution in [0.15, 0.2) is 0 Å². The Hall–Kier alpha value is -1.21. The number of hydrogen-bond donors (Lipinski definition) is 0. The number of likely N-dealkylation sites (tertiary alicyclic amines) is 2. The van der Waals surface area contributed by atoms with Crippen LogP contribution in [0.5, 0.6) is 0 Å². The minimum Gasteiger partial charge on any atom is -0.331 e. The fourth-order valence-corrected chi connectivity index (χ4v) is 2.62. The van der Waals surface area contributed by atoms with Crippen molar-refractivity contribution in [2.75, 3.05) is 40.3 Å². The van der Waals surface area contributed by atoms with E-state index in [0.717, 1.165) is 25.9 Å². The monoisotopic (exact) mass is 249 g/mol. The fraction of sp³-hybridized carbons (Fsp3) is 0.786. The smallest absolute Gasteiger partial charge is 0.320 e. The second-order valence-corrected chi connectivity index (χ2v) is 5.33. The summed E-state index contributed by atoms with van der Waals surface area (Å²) >= 11 is 0. The van der Waals surface area contributed by atoms with Gasteiger partial charge in [0.2, 0.25) is 0 Å². The first-order valence-corrected chi connectivity index (χ1v) is 6.87. The molecule has 0 aromatic rings. The van der Waals surface area contributed by atoms with Crippen LogP contribution in [0.4, 0.5) is 4.79 Å². The molecule has 2 heterocycles. The van der Waals surface area contributed by atoms with Crippen molar-refractivity contribution in [3.8, 4) is 11.8 Å². The predicted octanol–water partition coefficient (Wildman–Crippen LogP) is 1.23. The summed E-state index contributed by atoms with van der Waals surface area (Å²) in [6, 6.07) is 0.218. The van der Waals surface area contributed by atoms with Gasteiger partial charge in [-0.15, -0.1) is 0 Å². The van der Waals surface area contributed by atoms with Crippen LogP contribution in [0.25, 0.3) is 0 Å². The molecule has 2 saturated heterocycles. The Balaban J connectivity index is 1.87. The van der Waals surface area contributed by atoms with Crippen LogP contribution >= 0.6 is 0 Å². The van der Waals surface area contributed by atoms with Gasteiger partial charge in [0, 0.05) is 20.6 Å². The maximum absolute atomic E-state index is 11.9. The van der Waals surface area contributed by atoms with E-state index in [1.807, 2.05) is 4.90 Å². The van der Waals surface area contributed by atoms with Crippen LogP contribution in [0, 0.1) is 11.8 Å². The van der Waals surface area contributed by atoms with Crippen molar-refractivity contribution < 1.29 is 4.79 Å². The van der Waals surface area contributed by atoms with Gasteiger partial charge in [-0.1, -0.05) is 11.8 Å². The topological polar surface area (TPSA) is 26.8 Å². The average molecular weight is 249 g/mol. The van der Waals surface area contributed by atoms with Crippen molar-refractivity contribution >= 4 is 6.03 Å². The normalized spacial score (nSPS) is 23.9. The lowest BCUT2D eigenvalue weighted by atomic mass is 10.2. The van der Waals surface area contributed by atoms with E-state index in [1.165, 1.54) is 25.9 Å². The van der Waals surface area contributed by atoms with E-state index >= 15 is 0 Å². The number of carbonyl (C=O) groups excluding carboxylic acids is 1. The highest BCUT2D eigenvalue weighted by Gasteiger charge is 2.28. The molecule has 2 aliphatic heterocycles. The molecule has 0 bridgehead atoms. The third-order valence-electron chi connectivity index (χ3n) is 3.65. The second-order valence-electron chi connectivity index (χ2n) is 5.33. The van der Waals surface area contributed by atoms with Gasteiger partial charge in [0.05, 0.1) is 12.6 Å². The minimum atomic E-state index is 0.0907. The van der Waals surface area contributed by atoms with Crippen LogP contribution in [0.3, 0.4) is 0 Å². The molecule has 1 atom stereocenters. The molecule has 2 rings (SSSR count). The van der Waals surface area contributed by atoms with Crippen LogP contribution in [0.2, 0.25) is 0 Å². The molecule has 4 heteroatoms. The van der Waals surface area contributed by atoms with Gasteiger partial charge in [-0.3, -0.25) is 4.90 Å². The van der Waals surface area contributed by atoms with Gasteiger partial charge in [0.25, 0.3) is 0 Å². The number of hydrogen-bond acceptors (Lipinski definition) is 2. The molecule has 2 amide bonds. The van der Waals surface area contributed by atoms with Crippen LogP contribution in [0.1, 0.15) is 25.7 Å². The summed E-state index contributed by atoms with van der Waals surface area (Å²) in [6.45, 7) is 4.07. The fourth-order valence-electron chi connectivity index (χ4n) is 2.62. The highest BCUT2D eigenvalue weighted by molar-refractivity contribution is 5.75. The zero-order chi connectivity index (χ0) is 13.0. The molecule has 0 radical (unpaired) electrons. The van der Waals surface area contributed by atoms with E-state index in [4.69, 9.17) is 0 Å². The highest BCUT2D eigenvalue weighted by Crippen LogP contribution is 2.17. The third kappa shape index (κ3) is 3.17. The van der Waals surface area contributed by atoms with E-state index < -0.39 is 0 Å². The lowest BCUT2D eigenvalue weighted by molar-refractivity contribution is 0.174. The summed E-state index contributed by atoms with van der Waals surface area (Å²) in [4.78, 5) is 17.9. The van der Waals surface area contributed by atoms with E-state index in [0.29, 0.717) is 0 Å². The molecule has 4 nitrogen and oxygen atoms in total. The molecule has 2 fully saturated rings. The lowest BCUT2D eigenvalue weighted by Gasteiger charge is -2.24. The summed E-state index contributed by atoms with van der Waals surface area (Å²) in [7, 11) is 3.60. The van der Waals surface area contributed by atoms with Crippen molar-refractivity contribution in [2.24, 2.45) is 0 Å². The first-order chi connectivity index (χ1) is 8.68. The second kappa shape index (κ2) is 6.10. The summed E-state index contributed by atoms with van der Waals surface area (Å²) in [5, 5.41) is 0. The third-order valence-corrected chi connectivity index (χ3v) is 3.65. The molecule has 0 N–H and O–H groups in total. The van der Waals surface area contributed by atoms with Gasteiger partial charge < -0.3 is 9.80 Å². The molecule has 100 valence electrons. The number of urea groups is 1. The van der Waals surface area contributed by atoms with Crippen LogP contribution < -0.4 is 0 Å². The molecule has 2 aliphatic rings. The van der Waals surface area contributed by atoms with Gasteiger partial charge >= 0.3 is 6.03 Å². The number of amides is 2. The Labute approximate surface area is 110 Å². The first kappa shape index (κ1) is 13.2. The Bertz CT molecular complexity index is 350.